The van der Waals surface area contributed by atoms with Gasteiger partial charge in [0.25, 0.3) is 5.56 Å². The van der Waals surface area contributed by atoms with E-state index in [4.69, 9.17) is 11.3 Å². The maximum absolute atomic E-state index is 14.0. The number of nitrogens with zero attached hydrogens (tertiary/aromatic N) is 2. The number of halogens is 3. The van der Waals surface area contributed by atoms with Gasteiger partial charge in [-0.05, 0) is 35.7 Å². The number of carbonyl (C=O) groups is 1. The zero-order valence-corrected chi connectivity index (χ0v) is 16.1. The summed E-state index contributed by atoms with van der Waals surface area (Å²) in [4.78, 5) is 32.1. The molecule has 1 aliphatic rings. The van der Waals surface area contributed by atoms with E-state index < -0.39 is 35.1 Å². The largest absolute Gasteiger partial charge is 0.373 e. The Hall–Kier alpha value is -3.84. The maximum atomic E-state index is 14.0. The van der Waals surface area contributed by atoms with Crippen LogP contribution in [-0.2, 0) is 11.3 Å². The molecule has 1 aliphatic heterocycles. The topological polar surface area (TPSA) is 78.8 Å². The van der Waals surface area contributed by atoms with Gasteiger partial charge in [-0.25, -0.2) is 22.8 Å². The molecule has 7 nitrogen and oxygen atoms in total. The molecule has 0 spiro atoms. The van der Waals surface area contributed by atoms with E-state index in [0.29, 0.717) is 11.3 Å². The van der Waals surface area contributed by atoms with E-state index in [1.54, 1.807) is 0 Å². The summed E-state index contributed by atoms with van der Waals surface area (Å²) in [5.41, 5.74) is 0.172. The van der Waals surface area contributed by atoms with Crippen molar-refractivity contribution in [1.82, 2.24) is 9.88 Å². The van der Waals surface area contributed by atoms with Crippen LogP contribution in [0.2, 0.25) is 0 Å². The minimum Gasteiger partial charge on any atom is -0.373 e. The van der Waals surface area contributed by atoms with Crippen LogP contribution in [0.25, 0.3) is 15.6 Å². The van der Waals surface area contributed by atoms with Crippen LogP contribution in [0, 0.1) is 24.0 Å². The summed E-state index contributed by atoms with van der Waals surface area (Å²) in [7, 11) is 1.47. The number of hydrogen-bond donors (Lipinski definition) is 2. The van der Waals surface area contributed by atoms with Crippen molar-refractivity contribution in [1.29, 1.82) is 0 Å². The van der Waals surface area contributed by atoms with Gasteiger partial charge in [0, 0.05) is 24.0 Å². The third kappa shape index (κ3) is 3.60. The summed E-state index contributed by atoms with van der Waals surface area (Å²) in [6.45, 7) is 7.06. The molecule has 2 aromatic carbocycles. The third-order valence-corrected chi connectivity index (χ3v) is 5.15. The van der Waals surface area contributed by atoms with E-state index in [-0.39, 0.29) is 35.4 Å². The number of rotatable bonds is 2. The predicted molar refractivity (Wildman–Crippen MR) is 106 cm³/mol. The lowest BCUT2D eigenvalue weighted by Gasteiger charge is -2.33. The van der Waals surface area contributed by atoms with Gasteiger partial charge in [0.15, 0.2) is 11.6 Å². The van der Waals surface area contributed by atoms with Gasteiger partial charge in [-0.3, -0.25) is 4.79 Å². The summed E-state index contributed by atoms with van der Waals surface area (Å²) in [5.74, 6) is -2.98. The zero-order valence-electron chi connectivity index (χ0n) is 16.1. The number of nitrogens with one attached hydrogen (secondary N) is 2. The summed E-state index contributed by atoms with van der Waals surface area (Å²) in [5, 5.41) is 2.71. The number of urea groups is 1. The van der Waals surface area contributed by atoms with E-state index >= 15 is 0 Å². The number of H-pyrrole nitrogens is 1. The second-order valence-corrected chi connectivity index (χ2v) is 7.01. The second-order valence-electron chi connectivity index (χ2n) is 7.01. The number of carbonyl (C=O) groups excluding carboxylic acids is 1. The summed E-state index contributed by atoms with van der Waals surface area (Å²) in [6, 6.07) is 4.00. The quantitative estimate of drug-likeness (QED) is 0.600. The van der Waals surface area contributed by atoms with Gasteiger partial charge in [-0.2, -0.15) is 0 Å². The van der Waals surface area contributed by atoms with Crippen molar-refractivity contribution in [2.24, 2.45) is 0 Å². The van der Waals surface area contributed by atoms with Crippen LogP contribution in [0.5, 0.6) is 0 Å². The fourth-order valence-corrected chi connectivity index (χ4v) is 3.58. The van der Waals surface area contributed by atoms with Crippen molar-refractivity contribution >= 4 is 28.2 Å². The van der Waals surface area contributed by atoms with E-state index in [0.717, 1.165) is 18.2 Å². The van der Waals surface area contributed by atoms with Gasteiger partial charge in [-0.1, -0.05) is 0 Å². The van der Waals surface area contributed by atoms with Gasteiger partial charge in [0.1, 0.15) is 5.82 Å². The van der Waals surface area contributed by atoms with E-state index in [2.05, 4.69) is 15.1 Å². The Morgan fingerprint density at radius 1 is 1.19 bits per heavy atom. The molecular formula is C21H15F3N4O3. The molecule has 2 amide bonds. The Bertz CT molecular complexity index is 1320. The van der Waals surface area contributed by atoms with Crippen molar-refractivity contribution in [3.63, 3.8) is 0 Å². The number of hydrogen-bond acceptors (Lipinski definition) is 3. The summed E-state index contributed by atoms with van der Waals surface area (Å²) in [6.07, 6.45) is 0. The number of fused-ring (bicyclic) bond motifs is 3. The number of aromatic nitrogens is 1. The Balaban J connectivity index is 1.73. The zero-order chi connectivity index (χ0) is 22.3. The fraction of sp³-hybridized carbons (Fsp3) is 0.190. The molecule has 0 saturated heterocycles. The Labute approximate surface area is 173 Å². The molecule has 0 saturated carbocycles. The first-order valence-corrected chi connectivity index (χ1v) is 9.12. The van der Waals surface area contributed by atoms with Gasteiger partial charge in [-0.15, -0.1) is 0 Å². The highest BCUT2D eigenvalue weighted by Crippen LogP contribution is 2.34. The molecule has 158 valence electrons. The van der Waals surface area contributed by atoms with Crippen LogP contribution in [0.4, 0.5) is 29.3 Å². The van der Waals surface area contributed by atoms with E-state index in [1.807, 2.05) is 0 Å². The van der Waals surface area contributed by atoms with Gasteiger partial charge in [0.05, 0.1) is 31.2 Å². The van der Waals surface area contributed by atoms with Gasteiger partial charge >= 0.3 is 6.03 Å². The number of pyridine rings is 1. The summed E-state index contributed by atoms with van der Waals surface area (Å²) >= 11 is 0. The average Bonchev–Trinajstić information content (AvgIpc) is 2.75. The molecule has 1 aromatic heterocycles. The summed E-state index contributed by atoms with van der Waals surface area (Å²) < 4.78 is 46.7. The first-order chi connectivity index (χ1) is 14.8. The standard InChI is InChI=1S/C21H15F3N4O3/c1-25-16-5-10(3-4-13(16)22)26-21(30)28(2)18-9-31-8-17-19(18)11-6-14(23)15(24)7-12(11)20(29)27-17/h3-7,18H,8-9H2,2H3,(H,26,30)(H,27,29). The highest BCUT2D eigenvalue weighted by Gasteiger charge is 2.31. The maximum Gasteiger partial charge on any atom is 0.322 e. The second kappa shape index (κ2) is 7.77. The SMILES string of the molecule is [C-]#[N+]c1cc(NC(=O)N(C)C2COCc3[nH]c(=O)c4cc(F)c(F)cc4c32)ccc1F. The minimum atomic E-state index is -1.15. The molecule has 0 bridgehead atoms. The lowest BCUT2D eigenvalue weighted by atomic mass is 9.95. The Morgan fingerprint density at radius 2 is 1.90 bits per heavy atom. The van der Waals surface area contributed by atoms with E-state index in [9.17, 15) is 22.8 Å². The first-order valence-electron chi connectivity index (χ1n) is 9.12. The van der Waals surface area contributed by atoms with Crippen LogP contribution >= 0.6 is 0 Å². The molecule has 0 radical (unpaired) electrons. The van der Waals surface area contributed by atoms with Crippen LogP contribution in [-0.4, -0.2) is 29.6 Å². The van der Waals surface area contributed by atoms with E-state index in [1.165, 1.54) is 24.1 Å². The normalized spacial score (nSPS) is 15.3. The predicted octanol–water partition coefficient (Wildman–Crippen LogP) is 4.23. The molecule has 4 rings (SSSR count). The molecule has 2 N–H and O–H groups in total. The molecule has 31 heavy (non-hydrogen) atoms. The number of amides is 2. The van der Waals surface area contributed by atoms with Crippen LogP contribution in [0.15, 0.2) is 35.1 Å². The minimum absolute atomic E-state index is 0.0395. The molecule has 0 aliphatic carbocycles. The third-order valence-electron chi connectivity index (χ3n) is 5.15. The molecule has 1 unspecified atom stereocenters. The van der Waals surface area contributed by atoms with Crippen molar-refractivity contribution in [2.45, 2.75) is 12.6 Å². The van der Waals surface area contributed by atoms with Crippen molar-refractivity contribution in [3.05, 3.63) is 80.8 Å². The number of anilines is 1. The van der Waals surface area contributed by atoms with Crippen molar-refractivity contribution < 1.29 is 22.7 Å². The molecule has 2 heterocycles. The Kier molecular flexibility index (Phi) is 5.12. The average molecular weight is 428 g/mol. The molecular weight excluding hydrogens is 413 g/mol. The van der Waals surface area contributed by atoms with Gasteiger partial charge in [0.2, 0.25) is 5.69 Å². The number of benzene rings is 2. The highest BCUT2D eigenvalue weighted by atomic mass is 19.2. The number of likely N-dealkylation sites (N-methyl/N-ethyl adjacent to an activating group) is 1. The smallest absolute Gasteiger partial charge is 0.322 e. The van der Waals surface area contributed by atoms with Crippen LogP contribution < -0.4 is 10.9 Å². The molecule has 10 heteroatoms. The molecule has 3 aromatic rings. The lowest BCUT2D eigenvalue weighted by Crippen LogP contribution is -2.39. The van der Waals surface area contributed by atoms with Crippen molar-refractivity contribution in [3.8, 4) is 0 Å². The van der Waals surface area contributed by atoms with Crippen LogP contribution in [0.3, 0.4) is 0 Å². The molecule has 1 atom stereocenters. The monoisotopic (exact) mass is 428 g/mol. The van der Waals surface area contributed by atoms with Crippen molar-refractivity contribution in [2.75, 3.05) is 19.0 Å². The van der Waals surface area contributed by atoms with Crippen LogP contribution in [0.1, 0.15) is 17.3 Å². The first kappa shape index (κ1) is 20.4. The highest BCUT2D eigenvalue weighted by molar-refractivity contribution is 5.91. The fourth-order valence-electron chi connectivity index (χ4n) is 3.58. The van der Waals surface area contributed by atoms with Gasteiger partial charge < -0.3 is 19.9 Å². The number of ether oxygens (including phenoxy) is 1. The number of aromatic amines is 1. The lowest BCUT2D eigenvalue weighted by molar-refractivity contribution is 0.0527. The molecule has 0 fully saturated rings. The Morgan fingerprint density at radius 3 is 2.61 bits per heavy atom.